The molecule has 8 heterocycles. The number of rotatable bonds is 48. The number of anilines is 3. The average molecular weight is 2030 g/mol. The largest absolute Gasteiger partial charge is 0.497 e. The minimum Gasteiger partial charge on any atom is -0.497 e. The first-order valence-corrected chi connectivity index (χ1v) is 54.2. The lowest BCUT2D eigenvalue weighted by Gasteiger charge is -2.35. The number of halogens is 1. The van der Waals surface area contributed by atoms with Crippen LogP contribution in [0.3, 0.4) is 0 Å². The molecule has 6 N–H and O–H groups in total. The number of ether oxygens (including phenoxy) is 15. The summed E-state index contributed by atoms with van der Waals surface area (Å²) >= 11 is 0. The maximum atomic E-state index is 13.3. The van der Waals surface area contributed by atoms with E-state index in [9.17, 15) is 9.18 Å². The summed E-state index contributed by atoms with van der Waals surface area (Å²) in [5.41, 5.74) is 18.5. The molecule has 798 valence electrons. The number of piperidine rings is 4. The van der Waals surface area contributed by atoms with Crippen LogP contribution in [0.2, 0.25) is 0 Å². The average Bonchev–Trinajstić information content (AvgIpc) is 1.69. The molecule has 148 heavy (non-hydrogen) atoms. The number of imidazole rings is 1. The Labute approximate surface area is 876 Å². The van der Waals surface area contributed by atoms with Gasteiger partial charge in [0.25, 0.3) is 0 Å². The Morgan fingerprint density at radius 2 is 0.885 bits per heavy atom. The maximum absolute atomic E-state index is 13.3. The zero-order valence-electron chi connectivity index (χ0n) is 88.7. The number of benzene rings is 10. The third kappa shape index (κ3) is 32.7. The highest BCUT2D eigenvalue weighted by Gasteiger charge is 2.35. The minimum atomic E-state index is -0.187. The lowest BCUT2D eigenvalue weighted by molar-refractivity contribution is -0.0272. The molecule has 10 aromatic carbocycles. The van der Waals surface area contributed by atoms with Crippen LogP contribution in [0.25, 0.3) is 11.0 Å². The van der Waals surface area contributed by atoms with Gasteiger partial charge in [-0.05, 0) is 269 Å². The monoisotopic (exact) mass is 2030 g/mol. The standard InChI is InChI=1S/C34H44FN3O4.C33H41N3O4.C28H40N2O4.C26H36N2O4/c1-39-19-3-17-38-18-21-41-33-11-6-27(23-32(33)38)25-42-34-24-37-15-13-31(34)28-7-9-30(10-8-28)40-20-16-36-14-12-26-4-2-5-29(35)22-26;1-3-24-9-5-6-10-26(24)22-38-19-8-20-39-28-15-13-25(14-16-28)29-17-18-34-21-31(29)40-23-27-11-7-12-30-32(27)35-33(37)36(30)4-2;1-21(2)19-33-24-8-6-23(7-9-24)25-11-12-29-18-28(25)34-20-22-5-10-27-26(17-22)30(14-16-32-27)13-4-15-31-3;1-19(21-7-10-25-24(17-21)28(14-16-31-25)13-4-15-29-2)32-26-18-27-12-11-23(26)20-5-8-22(30-3)9-6-20/h2,4-11,22-23,31,34,36-37H,3,12-21,24-25H2,1H3;5-7,9-16,29,31,34H,3-4,8,17-23H2,1-2H3,(H,35,37);5-10,17,21,25,28-29H,4,11-16,18-20H2,1-3H3;5-10,17,19,23,26-27H,4,11-16,18H2,1-3H3/t31-,34+;29-,31+;25-,28+;19-,23+,26-/m1110/s1. The number of hydrogen-bond acceptors (Lipinski definition) is 24. The molecule has 0 amide bonds. The lowest BCUT2D eigenvalue weighted by Crippen LogP contribution is -2.41. The molecule has 0 bridgehead atoms. The van der Waals surface area contributed by atoms with Crippen molar-refractivity contribution >= 4 is 28.1 Å². The molecule has 7 aliphatic heterocycles. The first kappa shape index (κ1) is 111. The van der Waals surface area contributed by atoms with E-state index in [0.29, 0.717) is 89.0 Å². The molecule has 0 unspecified atom stereocenters. The van der Waals surface area contributed by atoms with Crippen molar-refractivity contribution in [1.29, 1.82) is 0 Å². The topological polar surface area (TPSA) is 246 Å². The quantitative estimate of drug-likeness (QED) is 0.0194. The van der Waals surface area contributed by atoms with E-state index >= 15 is 0 Å². The summed E-state index contributed by atoms with van der Waals surface area (Å²) in [6.07, 6.45) is 10.2. The van der Waals surface area contributed by atoms with Gasteiger partial charge in [-0.3, -0.25) is 4.57 Å². The van der Waals surface area contributed by atoms with Crippen molar-refractivity contribution in [2.75, 3.05) is 214 Å². The Kier molecular flexibility index (Phi) is 44.6. The maximum Gasteiger partial charge on any atom is 0.326 e. The zero-order chi connectivity index (χ0) is 103. The summed E-state index contributed by atoms with van der Waals surface area (Å²) in [5, 5.41) is 17.4. The van der Waals surface area contributed by atoms with Crippen molar-refractivity contribution in [2.24, 2.45) is 5.92 Å². The molecular formula is C121H161FN10O16. The first-order chi connectivity index (χ1) is 72.7. The smallest absolute Gasteiger partial charge is 0.326 e. The van der Waals surface area contributed by atoms with Gasteiger partial charge in [-0.2, -0.15) is 0 Å². The zero-order valence-corrected chi connectivity index (χ0v) is 88.7. The first-order valence-electron chi connectivity index (χ1n) is 54.2. The molecule has 0 radical (unpaired) electrons. The fourth-order valence-electron chi connectivity index (χ4n) is 20.8. The Hall–Kier alpha value is -11.1. The summed E-state index contributed by atoms with van der Waals surface area (Å²) < 4.78 is 104. The Morgan fingerprint density at radius 3 is 1.38 bits per heavy atom. The van der Waals surface area contributed by atoms with Crippen LogP contribution in [0.5, 0.6) is 40.2 Å². The number of fused-ring (bicyclic) bond motifs is 4. The van der Waals surface area contributed by atoms with Gasteiger partial charge in [-0.1, -0.05) is 136 Å². The number of aromatic amines is 1. The number of hydrogen-bond donors (Lipinski definition) is 6. The van der Waals surface area contributed by atoms with Gasteiger partial charge in [0.05, 0.1) is 132 Å². The predicted molar refractivity (Wildman–Crippen MR) is 587 cm³/mol. The highest BCUT2D eigenvalue weighted by atomic mass is 19.1. The second-order valence-electron chi connectivity index (χ2n) is 39.7. The molecule has 0 spiro atoms. The second-order valence-corrected chi connectivity index (χ2v) is 39.7. The van der Waals surface area contributed by atoms with Crippen molar-refractivity contribution in [3.63, 3.8) is 0 Å². The van der Waals surface area contributed by atoms with E-state index in [2.05, 4.69) is 238 Å². The van der Waals surface area contributed by atoms with Crippen LogP contribution in [0.15, 0.2) is 223 Å². The van der Waals surface area contributed by atoms with E-state index < -0.39 is 0 Å². The van der Waals surface area contributed by atoms with Gasteiger partial charge in [-0.15, -0.1) is 0 Å². The molecule has 7 aliphatic rings. The number of nitrogens with one attached hydrogen (secondary N) is 6. The fourth-order valence-corrected chi connectivity index (χ4v) is 20.8. The third-order valence-electron chi connectivity index (χ3n) is 28.9. The van der Waals surface area contributed by atoms with Crippen molar-refractivity contribution in [2.45, 2.75) is 186 Å². The van der Waals surface area contributed by atoms with Crippen molar-refractivity contribution in [1.82, 2.24) is 36.1 Å². The van der Waals surface area contributed by atoms with Gasteiger partial charge in [0, 0.05) is 136 Å². The molecular weight excluding hydrogens is 1870 g/mol. The van der Waals surface area contributed by atoms with Crippen LogP contribution in [-0.2, 0) is 83.7 Å². The van der Waals surface area contributed by atoms with Crippen LogP contribution in [0, 0.1) is 11.7 Å². The normalized spacial score (nSPS) is 19.2. The van der Waals surface area contributed by atoms with E-state index in [1.807, 2.05) is 43.3 Å². The Bertz CT molecular complexity index is 5800. The van der Waals surface area contributed by atoms with Crippen LogP contribution in [0.4, 0.5) is 21.5 Å². The van der Waals surface area contributed by atoms with Gasteiger partial charge in [0.15, 0.2) is 0 Å². The number of H-pyrrole nitrogens is 1. The van der Waals surface area contributed by atoms with E-state index in [4.69, 9.17) is 71.1 Å². The molecule has 1 aromatic heterocycles. The minimum absolute atomic E-state index is 0.00583. The molecule has 26 nitrogen and oxygen atoms in total. The molecule has 9 atom stereocenters. The van der Waals surface area contributed by atoms with E-state index in [0.717, 1.165) is 288 Å². The van der Waals surface area contributed by atoms with Crippen LogP contribution < -0.4 is 80.1 Å². The highest BCUT2D eigenvalue weighted by molar-refractivity contribution is 5.79. The molecule has 4 fully saturated rings. The van der Waals surface area contributed by atoms with Gasteiger partial charge in [0.1, 0.15) is 72.5 Å². The predicted octanol–water partition coefficient (Wildman–Crippen LogP) is 19.3. The summed E-state index contributed by atoms with van der Waals surface area (Å²) in [6, 6.07) is 74.5. The molecule has 4 saturated heterocycles. The Balaban J connectivity index is 0.000000149. The molecule has 27 heteroatoms. The van der Waals surface area contributed by atoms with Gasteiger partial charge < -0.3 is 117 Å². The highest BCUT2D eigenvalue weighted by Crippen LogP contribution is 2.42. The number of aryl methyl sites for hydroxylation is 2. The van der Waals surface area contributed by atoms with E-state index in [1.54, 1.807) is 45.1 Å². The lowest BCUT2D eigenvalue weighted by atomic mass is 9.87. The van der Waals surface area contributed by atoms with Crippen LogP contribution >= 0.6 is 0 Å². The Morgan fingerprint density at radius 1 is 0.426 bits per heavy atom. The molecule has 0 saturated carbocycles. The number of para-hydroxylation sites is 1. The molecule has 18 rings (SSSR count). The van der Waals surface area contributed by atoms with Crippen LogP contribution in [-0.4, -0.2) is 233 Å². The molecule has 0 aliphatic carbocycles. The van der Waals surface area contributed by atoms with Crippen molar-refractivity contribution in [3.05, 3.63) is 296 Å². The van der Waals surface area contributed by atoms with E-state index in [1.165, 1.54) is 56.3 Å². The SMILES string of the molecule is CCc1ccccc1COCCCOc1ccc([C@H]2CCNC[C@@H]2OCc2cccc3c2[nH]c(=O)n3CC)cc1.COCCCN1CCOc2ccc(CO[C@H]3CNCC[C@@H]3c3ccc(OCC(C)C)cc3)cc21.COCCCN1CCOc2ccc(CO[C@H]3CNCC[C@@H]3c3ccc(OCCNCCc4cccc(F)c4)cc3)cc21.COCCCN1CCOc2ccc([C@H](C)O[C@H]3CNCC[C@@H]3c3ccc(OC)cc3)cc21. The van der Waals surface area contributed by atoms with Gasteiger partial charge in [-0.25, -0.2) is 9.18 Å². The summed E-state index contributed by atoms with van der Waals surface area (Å²) in [6.45, 7) is 35.1. The van der Waals surface area contributed by atoms with Crippen molar-refractivity contribution < 1.29 is 75.4 Å². The fraction of sp³-hybridized carbons (Fsp3) is 0.496. The summed E-state index contributed by atoms with van der Waals surface area (Å²) in [4.78, 5) is 22.5. The van der Waals surface area contributed by atoms with Crippen molar-refractivity contribution in [3.8, 4) is 40.2 Å². The van der Waals surface area contributed by atoms with Crippen LogP contribution in [0.1, 0.15) is 177 Å². The third-order valence-corrected chi connectivity index (χ3v) is 28.9. The summed E-state index contributed by atoms with van der Waals surface area (Å²) in [5.74, 6) is 8.15. The molecule has 11 aromatic rings. The van der Waals surface area contributed by atoms with Gasteiger partial charge >= 0.3 is 5.69 Å². The number of nitrogens with zero attached hydrogens (tertiary/aromatic N) is 4. The number of aromatic nitrogens is 2. The number of methoxy groups -OCH3 is 4. The second kappa shape index (κ2) is 59.5. The van der Waals surface area contributed by atoms with E-state index in [-0.39, 0.29) is 42.0 Å². The summed E-state index contributed by atoms with van der Waals surface area (Å²) in [7, 11) is 6.96. The van der Waals surface area contributed by atoms with Gasteiger partial charge in [0.2, 0.25) is 0 Å².